The Balaban J connectivity index is 2.11. The Labute approximate surface area is 106 Å². The molecule has 1 fully saturated rings. The second kappa shape index (κ2) is 4.61. The highest BCUT2D eigenvalue weighted by Crippen LogP contribution is 2.21. The number of esters is 1. The number of aryl methyl sites for hydroxylation is 1. The average molecular weight is 269 g/mol. The summed E-state index contributed by atoms with van der Waals surface area (Å²) in [6, 6.07) is 5.09. The van der Waals surface area contributed by atoms with Crippen LogP contribution < -0.4 is 5.73 Å². The number of para-hydroxylation sites is 1. The fourth-order valence-electron chi connectivity index (χ4n) is 1.93. The first kappa shape index (κ1) is 12.9. The minimum Gasteiger partial charge on any atom is -0.458 e. The van der Waals surface area contributed by atoms with Crippen molar-refractivity contribution in [3.63, 3.8) is 0 Å². The van der Waals surface area contributed by atoms with Crippen molar-refractivity contribution in [2.75, 3.05) is 17.2 Å². The Morgan fingerprint density at radius 2 is 2.17 bits per heavy atom. The molecule has 1 heterocycles. The van der Waals surface area contributed by atoms with E-state index < -0.39 is 21.9 Å². The lowest BCUT2D eigenvalue weighted by atomic mass is 10.1. The molecule has 98 valence electrons. The van der Waals surface area contributed by atoms with Crippen LogP contribution in [0.3, 0.4) is 0 Å². The molecule has 1 aromatic rings. The summed E-state index contributed by atoms with van der Waals surface area (Å²) in [5.41, 5.74) is 7.26. The fraction of sp³-hybridized carbons (Fsp3) is 0.417. The number of nitrogens with two attached hydrogens (primary N) is 1. The van der Waals surface area contributed by atoms with Crippen molar-refractivity contribution in [1.29, 1.82) is 0 Å². The van der Waals surface area contributed by atoms with Crippen LogP contribution in [0.2, 0.25) is 0 Å². The molecule has 0 spiro atoms. The molecule has 1 atom stereocenters. The van der Waals surface area contributed by atoms with Crippen LogP contribution in [0.1, 0.15) is 22.3 Å². The van der Waals surface area contributed by atoms with Crippen LogP contribution in [0, 0.1) is 6.92 Å². The minimum absolute atomic E-state index is 0.0776. The lowest BCUT2D eigenvalue weighted by Crippen LogP contribution is -2.20. The zero-order valence-electron chi connectivity index (χ0n) is 10.0. The van der Waals surface area contributed by atoms with Crippen LogP contribution in [0.15, 0.2) is 18.2 Å². The van der Waals surface area contributed by atoms with Gasteiger partial charge >= 0.3 is 5.97 Å². The maximum atomic E-state index is 11.9. The van der Waals surface area contributed by atoms with Gasteiger partial charge in [-0.2, -0.15) is 0 Å². The third-order valence-corrected chi connectivity index (χ3v) is 4.75. The molecule has 1 saturated heterocycles. The van der Waals surface area contributed by atoms with Crippen molar-refractivity contribution in [3.05, 3.63) is 29.3 Å². The zero-order valence-corrected chi connectivity index (χ0v) is 10.9. The van der Waals surface area contributed by atoms with Gasteiger partial charge in [0.05, 0.1) is 17.1 Å². The summed E-state index contributed by atoms with van der Waals surface area (Å²) in [5, 5.41) is 0. The summed E-state index contributed by atoms with van der Waals surface area (Å²) < 4.78 is 27.7. The van der Waals surface area contributed by atoms with Gasteiger partial charge in [-0.15, -0.1) is 0 Å². The fourth-order valence-corrected chi connectivity index (χ4v) is 3.52. The molecule has 0 aliphatic carbocycles. The predicted octanol–water partition coefficient (Wildman–Crippen LogP) is 0.921. The Morgan fingerprint density at radius 3 is 2.78 bits per heavy atom. The molecule has 0 amide bonds. The van der Waals surface area contributed by atoms with Crippen molar-refractivity contribution in [1.82, 2.24) is 0 Å². The van der Waals surface area contributed by atoms with E-state index in [1.54, 1.807) is 25.1 Å². The van der Waals surface area contributed by atoms with Crippen molar-refractivity contribution < 1.29 is 17.9 Å². The number of carbonyl (C=O) groups excluding carboxylic acids is 1. The van der Waals surface area contributed by atoms with E-state index in [0.717, 1.165) is 5.56 Å². The summed E-state index contributed by atoms with van der Waals surface area (Å²) in [6.45, 7) is 1.80. The number of sulfone groups is 1. The highest BCUT2D eigenvalue weighted by molar-refractivity contribution is 7.91. The Morgan fingerprint density at radius 1 is 1.44 bits per heavy atom. The van der Waals surface area contributed by atoms with E-state index in [9.17, 15) is 13.2 Å². The van der Waals surface area contributed by atoms with Gasteiger partial charge < -0.3 is 10.5 Å². The maximum Gasteiger partial charge on any atom is 0.340 e. The molecule has 18 heavy (non-hydrogen) atoms. The van der Waals surface area contributed by atoms with Crippen molar-refractivity contribution in [2.24, 2.45) is 0 Å². The number of anilines is 1. The number of hydrogen-bond donors (Lipinski definition) is 1. The number of rotatable bonds is 2. The summed E-state index contributed by atoms with van der Waals surface area (Å²) in [4.78, 5) is 11.9. The standard InChI is InChI=1S/C12H15NO4S/c1-8-3-2-4-10(11(8)13)12(14)17-9-5-6-18(15,16)7-9/h2-4,9H,5-7,13H2,1H3. The third-order valence-electron chi connectivity index (χ3n) is 3.01. The Kier molecular flexibility index (Phi) is 3.30. The SMILES string of the molecule is Cc1cccc(C(=O)OC2CCS(=O)(=O)C2)c1N. The van der Waals surface area contributed by atoms with Crippen LogP contribution >= 0.6 is 0 Å². The van der Waals surface area contributed by atoms with Gasteiger partial charge in [-0.1, -0.05) is 12.1 Å². The van der Waals surface area contributed by atoms with E-state index in [-0.39, 0.29) is 11.5 Å². The van der Waals surface area contributed by atoms with Gasteiger partial charge in [-0.25, -0.2) is 13.2 Å². The smallest absolute Gasteiger partial charge is 0.340 e. The van der Waals surface area contributed by atoms with E-state index in [4.69, 9.17) is 10.5 Å². The largest absolute Gasteiger partial charge is 0.458 e. The van der Waals surface area contributed by atoms with Crippen LogP contribution in [-0.4, -0.2) is 32.0 Å². The van der Waals surface area contributed by atoms with Crippen molar-refractivity contribution in [3.8, 4) is 0 Å². The Bertz CT molecular complexity index is 580. The molecular weight excluding hydrogens is 254 g/mol. The molecule has 6 heteroatoms. The highest BCUT2D eigenvalue weighted by atomic mass is 32.2. The molecule has 2 rings (SSSR count). The van der Waals surface area contributed by atoms with Gasteiger partial charge in [-0.05, 0) is 25.0 Å². The molecule has 0 aromatic heterocycles. The molecule has 1 aromatic carbocycles. The summed E-state index contributed by atoms with van der Waals surface area (Å²) in [6.07, 6.45) is -0.192. The Hall–Kier alpha value is -1.56. The number of carbonyl (C=O) groups is 1. The molecule has 0 radical (unpaired) electrons. The van der Waals surface area contributed by atoms with Crippen molar-refractivity contribution >= 4 is 21.5 Å². The molecule has 0 bridgehead atoms. The normalized spacial score (nSPS) is 21.7. The lowest BCUT2D eigenvalue weighted by molar-refractivity contribution is 0.0357. The topological polar surface area (TPSA) is 86.5 Å². The van der Waals surface area contributed by atoms with E-state index in [1.165, 1.54) is 0 Å². The average Bonchev–Trinajstić information content (AvgIpc) is 2.62. The zero-order chi connectivity index (χ0) is 13.3. The first-order chi connectivity index (χ1) is 8.39. The second-order valence-electron chi connectivity index (χ2n) is 4.47. The highest BCUT2D eigenvalue weighted by Gasteiger charge is 2.31. The van der Waals surface area contributed by atoms with E-state index in [0.29, 0.717) is 17.7 Å². The third kappa shape index (κ3) is 2.64. The number of ether oxygens (including phenoxy) is 1. The van der Waals surface area contributed by atoms with Crippen LogP contribution in [-0.2, 0) is 14.6 Å². The predicted molar refractivity (Wildman–Crippen MR) is 68.1 cm³/mol. The van der Waals surface area contributed by atoms with E-state index in [1.807, 2.05) is 0 Å². The molecule has 2 N–H and O–H groups in total. The summed E-state index contributed by atoms with van der Waals surface area (Å²) in [7, 11) is -3.05. The first-order valence-corrected chi connectivity index (χ1v) is 7.48. The van der Waals surface area contributed by atoms with Gasteiger partial charge in [0.15, 0.2) is 9.84 Å². The summed E-state index contributed by atoms with van der Waals surface area (Å²) >= 11 is 0. The molecule has 1 aliphatic heterocycles. The molecular formula is C12H15NO4S. The summed E-state index contributed by atoms with van der Waals surface area (Å²) in [5.74, 6) is -0.572. The number of benzene rings is 1. The second-order valence-corrected chi connectivity index (χ2v) is 6.70. The van der Waals surface area contributed by atoms with Gasteiger partial charge in [0.25, 0.3) is 0 Å². The molecule has 1 aliphatic rings. The quantitative estimate of drug-likeness (QED) is 0.637. The molecule has 0 saturated carbocycles. The van der Waals surface area contributed by atoms with Gasteiger partial charge in [0, 0.05) is 5.69 Å². The van der Waals surface area contributed by atoms with Gasteiger partial charge in [-0.3, -0.25) is 0 Å². The van der Waals surface area contributed by atoms with E-state index >= 15 is 0 Å². The monoisotopic (exact) mass is 269 g/mol. The first-order valence-electron chi connectivity index (χ1n) is 5.65. The number of nitrogen functional groups attached to an aromatic ring is 1. The number of hydrogen-bond acceptors (Lipinski definition) is 5. The van der Waals surface area contributed by atoms with Gasteiger partial charge in [0.2, 0.25) is 0 Å². The van der Waals surface area contributed by atoms with Crippen LogP contribution in [0.4, 0.5) is 5.69 Å². The van der Waals surface area contributed by atoms with Crippen LogP contribution in [0.25, 0.3) is 0 Å². The molecule has 5 nitrogen and oxygen atoms in total. The minimum atomic E-state index is -3.05. The van der Waals surface area contributed by atoms with Crippen LogP contribution in [0.5, 0.6) is 0 Å². The maximum absolute atomic E-state index is 11.9. The molecule has 1 unspecified atom stereocenters. The van der Waals surface area contributed by atoms with Gasteiger partial charge in [0.1, 0.15) is 6.10 Å². The van der Waals surface area contributed by atoms with Crippen molar-refractivity contribution in [2.45, 2.75) is 19.4 Å². The van der Waals surface area contributed by atoms with E-state index in [2.05, 4.69) is 0 Å². The lowest BCUT2D eigenvalue weighted by Gasteiger charge is -2.12.